The second-order valence-corrected chi connectivity index (χ2v) is 12.0. The Balaban J connectivity index is 1.21. The van der Waals surface area contributed by atoms with Crippen LogP contribution in [0.15, 0.2) is 66.7 Å². The van der Waals surface area contributed by atoms with E-state index in [-0.39, 0.29) is 5.56 Å². The molecule has 0 radical (unpaired) electrons. The molecule has 0 bridgehead atoms. The van der Waals surface area contributed by atoms with Crippen LogP contribution < -0.4 is 4.74 Å². The van der Waals surface area contributed by atoms with Crippen LogP contribution >= 0.6 is 22.9 Å². The first-order chi connectivity index (χ1) is 19.5. The standard InChI is InChI=1S/C32H30ClN3O3S/c1-20-34-30(21-7-12-24(33)13-8-21)29(40-20)17-18-39-26-14-9-22(10-15-26)31-35-27-19-23(32(37)38)11-16-28(27)36(31)25-5-3-2-4-6-25/h7-16,19,25H,2-6,17-18H2,1H3,(H,37,38). The Bertz CT molecular complexity index is 1650. The molecule has 2 heterocycles. The molecule has 5 aromatic rings. The van der Waals surface area contributed by atoms with Gasteiger partial charge in [0.25, 0.3) is 0 Å². The molecule has 1 N–H and O–H groups in total. The Kier molecular flexibility index (Phi) is 7.59. The molecular formula is C32H30ClN3O3S. The number of aromatic carboxylic acids is 1. The van der Waals surface area contributed by atoms with Gasteiger partial charge in [0, 0.05) is 33.5 Å². The zero-order chi connectivity index (χ0) is 27.6. The van der Waals surface area contributed by atoms with Crippen LogP contribution in [0.1, 0.15) is 58.4 Å². The Morgan fingerprint density at radius 3 is 2.45 bits per heavy atom. The van der Waals surface area contributed by atoms with Gasteiger partial charge in [-0.05, 0) is 74.4 Å². The zero-order valence-corrected chi connectivity index (χ0v) is 23.8. The van der Waals surface area contributed by atoms with Gasteiger partial charge >= 0.3 is 5.97 Å². The van der Waals surface area contributed by atoms with Gasteiger partial charge < -0.3 is 14.4 Å². The SMILES string of the molecule is Cc1nc(-c2ccc(Cl)cc2)c(CCOc2ccc(-c3nc4cc(C(=O)O)ccc4n3C3CCCCC3)cc2)s1. The number of imidazole rings is 1. The lowest BCUT2D eigenvalue weighted by Crippen LogP contribution is -2.14. The summed E-state index contributed by atoms with van der Waals surface area (Å²) in [5.41, 5.74) is 5.01. The molecule has 0 saturated heterocycles. The smallest absolute Gasteiger partial charge is 0.335 e. The van der Waals surface area contributed by atoms with Crippen LogP contribution in [0.2, 0.25) is 5.02 Å². The molecule has 2 aromatic heterocycles. The lowest BCUT2D eigenvalue weighted by Gasteiger charge is -2.25. The average molecular weight is 572 g/mol. The van der Waals surface area contributed by atoms with Crippen molar-refractivity contribution in [3.63, 3.8) is 0 Å². The van der Waals surface area contributed by atoms with Gasteiger partial charge in [0.1, 0.15) is 11.6 Å². The molecule has 3 aromatic carbocycles. The maximum absolute atomic E-state index is 11.6. The van der Waals surface area contributed by atoms with Crippen LogP contribution in [0.25, 0.3) is 33.7 Å². The summed E-state index contributed by atoms with van der Waals surface area (Å²) in [6, 6.07) is 21.5. The maximum Gasteiger partial charge on any atom is 0.335 e. The van der Waals surface area contributed by atoms with Gasteiger partial charge in [0.15, 0.2) is 0 Å². The number of thiazole rings is 1. The molecule has 0 aliphatic heterocycles. The second kappa shape index (κ2) is 11.4. The molecule has 6 nitrogen and oxygen atoms in total. The van der Waals surface area contributed by atoms with E-state index in [1.54, 1.807) is 23.5 Å². The summed E-state index contributed by atoms with van der Waals surface area (Å²) in [4.78, 5) is 22.4. The van der Waals surface area contributed by atoms with Gasteiger partial charge in [-0.2, -0.15) is 0 Å². The highest BCUT2D eigenvalue weighted by Gasteiger charge is 2.23. The number of benzene rings is 3. The molecule has 1 saturated carbocycles. The molecule has 40 heavy (non-hydrogen) atoms. The summed E-state index contributed by atoms with van der Waals surface area (Å²) < 4.78 is 8.45. The predicted molar refractivity (Wildman–Crippen MR) is 161 cm³/mol. The third kappa shape index (κ3) is 5.49. The van der Waals surface area contributed by atoms with E-state index < -0.39 is 5.97 Å². The number of fused-ring (bicyclic) bond motifs is 1. The van der Waals surface area contributed by atoms with Crippen LogP contribution in [0.4, 0.5) is 0 Å². The number of hydrogen-bond acceptors (Lipinski definition) is 5. The highest BCUT2D eigenvalue weighted by Crippen LogP contribution is 2.37. The van der Waals surface area contributed by atoms with E-state index in [2.05, 4.69) is 4.57 Å². The average Bonchev–Trinajstić information content (AvgIpc) is 3.54. The summed E-state index contributed by atoms with van der Waals surface area (Å²) >= 11 is 7.76. The van der Waals surface area contributed by atoms with E-state index in [4.69, 9.17) is 26.3 Å². The van der Waals surface area contributed by atoms with Gasteiger partial charge in [-0.3, -0.25) is 0 Å². The highest BCUT2D eigenvalue weighted by molar-refractivity contribution is 7.12. The lowest BCUT2D eigenvalue weighted by molar-refractivity contribution is 0.0697. The number of nitrogens with zero attached hydrogens (tertiary/aromatic N) is 3. The van der Waals surface area contributed by atoms with E-state index in [0.717, 1.165) is 63.7 Å². The van der Waals surface area contributed by atoms with Crippen LogP contribution in [0.5, 0.6) is 5.75 Å². The number of ether oxygens (including phenoxy) is 1. The number of aryl methyl sites for hydroxylation is 1. The first-order valence-electron chi connectivity index (χ1n) is 13.7. The van der Waals surface area contributed by atoms with Gasteiger partial charge in [0.2, 0.25) is 0 Å². The van der Waals surface area contributed by atoms with Crippen LogP contribution in [-0.4, -0.2) is 32.2 Å². The van der Waals surface area contributed by atoms with Crippen LogP contribution in [0.3, 0.4) is 0 Å². The molecule has 0 atom stereocenters. The van der Waals surface area contributed by atoms with Crippen LogP contribution in [0, 0.1) is 6.92 Å². The van der Waals surface area contributed by atoms with Gasteiger partial charge in [-0.1, -0.05) is 43.0 Å². The van der Waals surface area contributed by atoms with Crippen molar-refractivity contribution in [1.29, 1.82) is 0 Å². The first kappa shape index (κ1) is 26.5. The van der Waals surface area contributed by atoms with Crippen molar-refractivity contribution in [2.24, 2.45) is 0 Å². The Morgan fingerprint density at radius 2 is 1.73 bits per heavy atom. The van der Waals surface area contributed by atoms with Crippen molar-refractivity contribution >= 4 is 39.9 Å². The van der Waals surface area contributed by atoms with Crippen molar-refractivity contribution < 1.29 is 14.6 Å². The van der Waals surface area contributed by atoms with E-state index >= 15 is 0 Å². The molecule has 1 fully saturated rings. The minimum atomic E-state index is -0.939. The Morgan fingerprint density at radius 1 is 1.00 bits per heavy atom. The fraction of sp³-hybridized carbons (Fsp3) is 0.281. The number of carbonyl (C=O) groups is 1. The maximum atomic E-state index is 11.6. The molecule has 0 spiro atoms. The summed E-state index contributed by atoms with van der Waals surface area (Å²) in [5, 5.41) is 11.2. The quantitative estimate of drug-likeness (QED) is 0.202. The van der Waals surface area contributed by atoms with Crippen molar-refractivity contribution in [3.8, 4) is 28.4 Å². The third-order valence-electron chi connectivity index (χ3n) is 7.51. The monoisotopic (exact) mass is 571 g/mol. The minimum absolute atomic E-state index is 0.256. The Labute approximate surface area is 242 Å². The molecular weight excluding hydrogens is 542 g/mol. The number of aromatic nitrogens is 3. The molecule has 0 amide bonds. The topological polar surface area (TPSA) is 77.2 Å². The fourth-order valence-corrected chi connectivity index (χ4v) is 6.64. The highest BCUT2D eigenvalue weighted by atomic mass is 35.5. The molecule has 8 heteroatoms. The molecule has 6 rings (SSSR count). The number of hydrogen-bond donors (Lipinski definition) is 1. The normalized spacial score (nSPS) is 14.1. The van der Waals surface area contributed by atoms with Gasteiger partial charge in [-0.25, -0.2) is 14.8 Å². The first-order valence-corrected chi connectivity index (χ1v) is 14.9. The summed E-state index contributed by atoms with van der Waals surface area (Å²) in [5.74, 6) is 0.737. The number of carboxylic acids is 1. The summed E-state index contributed by atoms with van der Waals surface area (Å²) in [6.45, 7) is 2.57. The lowest BCUT2D eigenvalue weighted by atomic mass is 9.95. The van der Waals surface area contributed by atoms with E-state index in [0.29, 0.717) is 17.7 Å². The minimum Gasteiger partial charge on any atom is -0.493 e. The third-order valence-corrected chi connectivity index (χ3v) is 8.79. The zero-order valence-electron chi connectivity index (χ0n) is 22.3. The summed E-state index contributed by atoms with van der Waals surface area (Å²) in [6.07, 6.45) is 6.63. The van der Waals surface area contributed by atoms with Gasteiger partial charge in [0.05, 0.1) is 33.9 Å². The number of halogens is 1. The second-order valence-electron chi connectivity index (χ2n) is 10.2. The van der Waals surface area contributed by atoms with Crippen molar-refractivity contribution in [2.45, 2.75) is 51.5 Å². The van der Waals surface area contributed by atoms with Crippen LogP contribution in [-0.2, 0) is 6.42 Å². The van der Waals surface area contributed by atoms with Crippen molar-refractivity contribution in [2.75, 3.05) is 6.61 Å². The van der Waals surface area contributed by atoms with Crippen molar-refractivity contribution in [3.05, 3.63) is 87.2 Å². The molecule has 1 aliphatic rings. The number of carboxylic acid groups (broad SMARTS) is 1. The fourth-order valence-electron chi connectivity index (χ4n) is 5.58. The molecule has 204 valence electrons. The van der Waals surface area contributed by atoms with Crippen molar-refractivity contribution in [1.82, 2.24) is 14.5 Å². The van der Waals surface area contributed by atoms with E-state index in [9.17, 15) is 9.90 Å². The van der Waals surface area contributed by atoms with E-state index in [1.165, 1.54) is 24.1 Å². The van der Waals surface area contributed by atoms with E-state index in [1.807, 2.05) is 61.5 Å². The predicted octanol–water partition coefficient (Wildman–Crippen LogP) is 8.61. The Hall–Kier alpha value is -3.68. The number of rotatable bonds is 8. The largest absolute Gasteiger partial charge is 0.493 e. The molecule has 0 unspecified atom stereocenters. The van der Waals surface area contributed by atoms with Gasteiger partial charge in [-0.15, -0.1) is 11.3 Å². The summed E-state index contributed by atoms with van der Waals surface area (Å²) in [7, 11) is 0. The molecule has 1 aliphatic carbocycles.